The van der Waals surface area contributed by atoms with Crippen LogP contribution < -0.4 is 0 Å². The minimum atomic E-state index is -0.348. The zero-order valence-corrected chi connectivity index (χ0v) is 11.8. The van der Waals surface area contributed by atoms with Crippen molar-refractivity contribution in [1.82, 2.24) is 15.2 Å². The van der Waals surface area contributed by atoms with Crippen LogP contribution in [0.5, 0.6) is 0 Å². The van der Waals surface area contributed by atoms with Crippen molar-refractivity contribution < 1.29 is 4.39 Å². The lowest BCUT2D eigenvalue weighted by Gasteiger charge is -2.05. The molecular formula is C17H11FN4. The number of nitrogens with zero attached hydrogens (tertiary/aromatic N) is 4. The van der Waals surface area contributed by atoms with Gasteiger partial charge in [-0.1, -0.05) is 29.8 Å². The van der Waals surface area contributed by atoms with Gasteiger partial charge in [0.1, 0.15) is 17.6 Å². The summed E-state index contributed by atoms with van der Waals surface area (Å²) in [5, 5.41) is 17.5. The highest BCUT2D eigenvalue weighted by Gasteiger charge is 2.12. The second kappa shape index (κ2) is 5.70. The van der Waals surface area contributed by atoms with E-state index in [1.54, 1.807) is 12.1 Å². The van der Waals surface area contributed by atoms with E-state index in [2.05, 4.69) is 15.2 Å². The van der Waals surface area contributed by atoms with Crippen LogP contribution in [0.25, 0.3) is 22.6 Å². The maximum atomic E-state index is 13.0. The predicted octanol–water partition coefficient (Wildman–Crippen LogP) is 3.52. The molecule has 0 aliphatic heterocycles. The van der Waals surface area contributed by atoms with Crippen molar-refractivity contribution in [1.29, 1.82) is 5.26 Å². The van der Waals surface area contributed by atoms with E-state index < -0.39 is 0 Å². The van der Waals surface area contributed by atoms with E-state index >= 15 is 0 Å². The number of rotatable bonds is 2. The van der Waals surface area contributed by atoms with E-state index in [-0.39, 0.29) is 11.5 Å². The lowest BCUT2D eigenvalue weighted by Crippen LogP contribution is -2.00. The van der Waals surface area contributed by atoms with Gasteiger partial charge < -0.3 is 0 Å². The number of aromatic nitrogens is 3. The lowest BCUT2D eigenvalue weighted by molar-refractivity contribution is 0.628. The summed E-state index contributed by atoms with van der Waals surface area (Å²) in [7, 11) is 0. The van der Waals surface area contributed by atoms with Crippen LogP contribution in [0.2, 0.25) is 0 Å². The van der Waals surface area contributed by atoms with Gasteiger partial charge in [0.05, 0.1) is 0 Å². The van der Waals surface area contributed by atoms with Crippen LogP contribution in [0.4, 0.5) is 4.39 Å². The number of nitriles is 1. The SMILES string of the molecule is Cc1ccc(-c2nnc(-c3ccc(F)cc3)c(C#N)n2)cc1. The fourth-order valence-electron chi connectivity index (χ4n) is 2.03. The Bertz CT molecular complexity index is 849. The summed E-state index contributed by atoms with van der Waals surface area (Å²) >= 11 is 0. The van der Waals surface area contributed by atoms with Gasteiger partial charge in [0.25, 0.3) is 0 Å². The van der Waals surface area contributed by atoms with E-state index in [0.717, 1.165) is 11.1 Å². The third-order valence-electron chi connectivity index (χ3n) is 3.22. The fourth-order valence-corrected chi connectivity index (χ4v) is 2.03. The molecule has 0 unspecified atom stereocenters. The second-order valence-corrected chi connectivity index (χ2v) is 4.82. The standard InChI is InChI=1S/C17H11FN4/c1-11-2-4-13(5-3-11)17-20-15(10-19)16(21-22-17)12-6-8-14(18)9-7-12/h2-9H,1H3. The molecule has 2 aromatic carbocycles. The molecule has 22 heavy (non-hydrogen) atoms. The molecule has 1 aromatic heterocycles. The third-order valence-corrected chi connectivity index (χ3v) is 3.22. The van der Waals surface area contributed by atoms with Gasteiger partial charge in [-0.25, -0.2) is 9.37 Å². The summed E-state index contributed by atoms with van der Waals surface area (Å²) in [6.45, 7) is 1.99. The Morgan fingerprint density at radius 1 is 0.909 bits per heavy atom. The van der Waals surface area contributed by atoms with Gasteiger partial charge >= 0.3 is 0 Å². The molecule has 0 atom stereocenters. The molecule has 5 heteroatoms. The second-order valence-electron chi connectivity index (χ2n) is 4.82. The van der Waals surface area contributed by atoms with Crippen LogP contribution in [0.3, 0.4) is 0 Å². The van der Waals surface area contributed by atoms with Crippen LogP contribution in [0, 0.1) is 24.1 Å². The first-order chi connectivity index (χ1) is 10.7. The molecule has 1 heterocycles. The number of benzene rings is 2. The first-order valence-electron chi connectivity index (χ1n) is 6.65. The Kier molecular flexibility index (Phi) is 3.58. The van der Waals surface area contributed by atoms with Crippen LogP contribution in [-0.4, -0.2) is 15.2 Å². The summed E-state index contributed by atoms with van der Waals surface area (Å²) < 4.78 is 13.0. The van der Waals surface area contributed by atoms with Crippen molar-refractivity contribution in [2.24, 2.45) is 0 Å². The first kappa shape index (κ1) is 13.8. The highest BCUT2D eigenvalue weighted by Crippen LogP contribution is 2.22. The molecule has 0 spiro atoms. The van der Waals surface area contributed by atoms with Gasteiger partial charge in [-0.05, 0) is 31.2 Å². The van der Waals surface area contributed by atoms with Gasteiger partial charge in [-0.15, -0.1) is 10.2 Å². The smallest absolute Gasteiger partial charge is 0.183 e. The van der Waals surface area contributed by atoms with Gasteiger partial charge in [-0.3, -0.25) is 0 Å². The average Bonchev–Trinajstić information content (AvgIpc) is 2.56. The fraction of sp³-hybridized carbons (Fsp3) is 0.0588. The van der Waals surface area contributed by atoms with Crippen molar-refractivity contribution in [3.8, 4) is 28.7 Å². The minimum absolute atomic E-state index is 0.164. The molecule has 3 aromatic rings. The van der Waals surface area contributed by atoms with Gasteiger partial charge in [0.2, 0.25) is 0 Å². The lowest BCUT2D eigenvalue weighted by atomic mass is 10.1. The van der Waals surface area contributed by atoms with E-state index in [4.69, 9.17) is 0 Å². The number of hydrogen-bond acceptors (Lipinski definition) is 4. The van der Waals surface area contributed by atoms with Gasteiger partial charge in [0, 0.05) is 11.1 Å². The molecule has 106 valence electrons. The monoisotopic (exact) mass is 290 g/mol. The molecule has 0 N–H and O–H groups in total. The third kappa shape index (κ3) is 2.67. The first-order valence-corrected chi connectivity index (χ1v) is 6.65. The minimum Gasteiger partial charge on any atom is -0.213 e. The Balaban J connectivity index is 2.06. The molecule has 0 amide bonds. The van der Waals surface area contributed by atoms with Crippen molar-refractivity contribution >= 4 is 0 Å². The molecular weight excluding hydrogens is 279 g/mol. The number of halogens is 1. The van der Waals surface area contributed by atoms with Crippen LogP contribution in [-0.2, 0) is 0 Å². The summed E-state index contributed by atoms with van der Waals surface area (Å²) in [4.78, 5) is 4.26. The van der Waals surface area contributed by atoms with E-state index in [9.17, 15) is 9.65 Å². The highest BCUT2D eigenvalue weighted by atomic mass is 19.1. The molecule has 0 bridgehead atoms. The van der Waals surface area contributed by atoms with Crippen molar-refractivity contribution in [2.75, 3.05) is 0 Å². The Hall–Kier alpha value is -3.13. The maximum absolute atomic E-state index is 13.0. The van der Waals surface area contributed by atoms with Crippen molar-refractivity contribution in [2.45, 2.75) is 6.92 Å². The topological polar surface area (TPSA) is 62.5 Å². The molecule has 0 saturated carbocycles. The number of hydrogen-bond donors (Lipinski definition) is 0. The number of aryl methyl sites for hydroxylation is 1. The van der Waals surface area contributed by atoms with E-state index in [1.807, 2.05) is 37.3 Å². The molecule has 0 fully saturated rings. The van der Waals surface area contributed by atoms with Crippen molar-refractivity contribution in [3.63, 3.8) is 0 Å². The van der Waals surface area contributed by atoms with Gasteiger partial charge in [0.15, 0.2) is 11.5 Å². The highest BCUT2D eigenvalue weighted by molar-refractivity contribution is 5.66. The molecule has 4 nitrogen and oxygen atoms in total. The van der Waals surface area contributed by atoms with E-state index in [1.165, 1.54) is 12.1 Å². The molecule has 3 rings (SSSR count). The molecule has 0 saturated heterocycles. The van der Waals surface area contributed by atoms with Crippen LogP contribution in [0.15, 0.2) is 48.5 Å². The molecule has 0 aliphatic carbocycles. The summed E-state index contributed by atoms with van der Waals surface area (Å²) in [5.41, 5.74) is 3.03. The Morgan fingerprint density at radius 3 is 2.18 bits per heavy atom. The van der Waals surface area contributed by atoms with Crippen LogP contribution in [0.1, 0.15) is 11.3 Å². The van der Waals surface area contributed by atoms with Gasteiger partial charge in [-0.2, -0.15) is 5.26 Å². The average molecular weight is 290 g/mol. The van der Waals surface area contributed by atoms with Crippen LogP contribution >= 0.6 is 0 Å². The predicted molar refractivity (Wildman–Crippen MR) is 80.1 cm³/mol. The zero-order valence-electron chi connectivity index (χ0n) is 11.8. The molecule has 0 radical (unpaired) electrons. The largest absolute Gasteiger partial charge is 0.213 e. The zero-order chi connectivity index (χ0) is 15.5. The Labute approximate surface area is 126 Å². The van der Waals surface area contributed by atoms with Crippen molar-refractivity contribution in [3.05, 3.63) is 65.6 Å². The summed E-state index contributed by atoms with van der Waals surface area (Å²) in [6.07, 6.45) is 0. The molecule has 0 aliphatic rings. The summed E-state index contributed by atoms with van der Waals surface area (Å²) in [5.74, 6) is 0.0434. The Morgan fingerprint density at radius 2 is 1.55 bits per heavy atom. The quantitative estimate of drug-likeness (QED) is 0.724. The van der Waals surface area contributed by atoms with E-state index in [0.29, 0.717) is 17.1 Å². The maximum Gasteiger partial charge on any atom is 0.183 e. The normalized spacial score (nSPS) is 10.2. The summed E-state index contributed by atoms with van der Waals surface area (Å²) in [6, 6.07) is 15.4.